The van der Waals surface area contributed by atoms with E-state index in [1.165, 1.54) is 0 Å². The lowest BCUT2D eigenvalue weighted by Crippen LogP contribution is -2.41. The first kappa shape index (κ1) is 22.8. The van der Waals surface area contributed by atoms with Crippen LogP contribution in [0.1, 0.15) is 19.6 Å². The molecule has 1 aliphatic rings. The third-order valence-electron chi connectivity index (χ3n) is 4.03. The van der Waals surface area contributed by atoms with Crippen LogP contribution < -0.4 is 16.3 Å². The van der Waals surface area contributed by atoms with Crippen LogP contribution in [-0.4, -0.2) is 76.1 Å². The maximum absolute atomic E-state index is 14.1. The van der Waals surface area contributed by atoms with Crippen LogP contribution in [0.2, 0.25) is 0 Å². The molecule has 0 aliphatic carbocycles. The predicted molar refractivity (Wildman–Crippen MR) is 93.2 cm³/mol. The topological polar surface area (TPSA) is 152 Å². The average molecular weight is 420 g/mol. The molecular weight excluding hydrogens is 398 g/mol. The third kappa shape index (κ3) is 5.53. The van der Waals surface area contributed by atoms with Gasteiger partial charge in [0.25, 0.3) is 5.91 Å². The van der Waals surface area contributed by atoms with E-state index in [4.69, 9.17) is 14.6 Å². The van der Waals surface area contributed by atoms with E-state index < -0.39 is 55.1 Å². The maximum atomic E-state index is 14.1. The van der Waals surface area contributed by atoms with E-state index >= 15 is 0 Å². The number of carbonyl (C=O) groups is 2. The molecule has 3 atom stereocenters. The molecule has 1 amide bonds. The molecule has 0 radical (unpaired) electrons. The highest BCUT2D eigenvalue weighted by atomic mass is 19.3. The zero-order chi connectivity index (χ0) is 21.6. The Hall–Kier alpha value is -2.48. The van der Waals surface area contributed by atoms with Crippen LogP contribution in [0.15, 0.2) is 17.1 Å². The molecule has 0 unspecified atom stereocenters. The van der Waals surface area contributed by atoms with Gasteiger partial charge in [0.1, 0.15) is 11.9 Å². The quantitative estimate of drug-likeness (QED) is 0.279. The molecule has 11 nitrogen and oxygen atoms in total. The molecule has 1 saturated heterocycles. The van der Waals surface area contributed by atoms with Gasteiger partial charge in [0.05, 0.1) is 13.0 Å². The molecule has 13 heteroatoms. The smallest absolute Gasteiger partial charge is 0.351 e. The lowest BCUT2D eigenvalue weighted by Gasteiger charge is -2.21. The monoisotopic (exact) mass is 420 g/mol. The molecule has 4 N–H and O–H groups in total. The van der Waals surface area contributed by atoms with Gasteiger partial charge < -0.3 is 30.3 Å². The number of ether oxygens (including phenoxy) is 2. The Morgan fingerprint density at radius 2 is 2.17 bits per heavy atom. The SMILES string of the molecule is CCNCCC(=O)OCC(=O)Nc1ccn([C@@H]2O[C@H](CO)[C@@H](O)C2(F)F)c(=O)n1. The van der Waals surface area contributed by atoms with Gasteiger partial charge in [-0.25, -0.2) is 4.79 Å². The number of anilines is 1. The van der Waals surface area contributed by atoms with E-state index in [9.17, 15) is 28.3 Å². The minimum Gasteiger partial charge on any atom is -0.456 e. The fourth-order valence-electron chi connectivity index (χ4n) is 2.54. The van der Waals surface area contributed by atoms with Gasteiger partial charge in [0.2, 0.25) is 6.23 Å². The number of hydrogen-bond acceptors (Lipinski definition) is 9. The Bertz CT molecular complexity index is 789. The standard InChI is InChI=1S/C16H22F2N4O7/c1-2-19-5-3-12(25)28-8-11(24)20-10-4-6-22(15(27)21-10)14-16(17,18)13(26)9(7-23)29-14/h4,6,9,13-14,19,23,26H,2-3,5,7-8H2,1H3,(H,20,21,24,27)/t9-,13-,14-/m1/s1. The molecule has 0 aromatic carbocycles. The molecule has 0 spiro atoms. The highest BCUT2D eigenvalue weighted by Gasteiger charge is 2.59. The molecule has 2 rings (SSSR count). The molecule has 1 fully saturated rings. The van der Waals surface area contributed by atoms with Crippen LogP contribution in [0.5, 0.6) is 0 Å². The molecule has 1 aromatic heterocycles. The summed E-state index contributed by atoms with van der Waals surface area (Å²) in [6.07, 6.45) is -5.06. The Kier molecular flexibility index (Phi) is 7.73. The lowest BCUT2D eigenvalue weighted by molar-refractivity contribution is -0.147. The summed E-state index contributed by atoms with van der Waals surface area (Å²) in [6, 6.07) is 1.06. The summed E-state index contributed by atoms with van der Waals surface area (Å²) in [5, 5.41) is 23.6. The van der Waals surface area contributed by atoms with E-state index in [0.717, 1.165) is 12.3 Å². The van der Waals surface area contributed by atoms with Gasteiger partial charge in [-0.15, -0.1) is 0 Å². The van der Waals surface area contributed by atoms with Gasteiger partial charge >= 0.3 is 17.6 Å². The Labute approximate surface area is 163 Å². The molecule has 1 aliphatic heterocycles. The number of aromatic nitrogens is 2. The van der Waals surface area contributed by atoms with Crippen LogP contribution >= 0.6 is 0 Å². The van der Waals surface area contributed by atoms with E-state index in [1.807, 2.05) is 6.92 Å². The number of carbonyl (C=O) groups excluding carboxylic acids is 2. The van der Waals surface area contributed by atoms with E-state index in [1.54, 1.807) is 0 Å². The number of nitrogens with zero attached hydrogens (tertiary/aromatic N) is 2. The van der Waals surface area contributed by atoms with Gasteiger partial charge in [0, 0.05) is 12.7 Å². The van der Waals surface area contributed by atoms with Crippen molar-refractivity contribution in [2.75, 3.05) is 31.6 Å². The molecule has 0 saturated carbocycles. The van der Waals surface area contributed by atoms with Gasteiger partial charge in [-0.05, 0) is 12.6 Å². The van der Waals surface area contributed by atoms with E-state index in [0.29, 0.717) is 17.7 Å². The zero-order valence-electron chi connectivity index (χ0n) is 15.5. The Balaban J connectivity index is 1.97. The van der Waals surface area contributed by atoms with Crippen molar-refractivity contribution < 1.29 is 38.1 Å². The molecule has 2 heterocycles. The van der Waals surface area contributed by atoms with E-state index in [-0.39, 0.29) is 12.2 Å². The second-order valence-corrected chi connectivity index (χ2v) is 6.14. The lowest BCUT2D eigenvalue weighted by atomic mass is 10.1. The largest absolute Gasteiger partial charge is 0.456 e. The maximum Gasteiger partial charge on any atom is 0.351 e. The van der Waals surface area contributed by atoms with Crippen LogP contribution in [0.3, 0.4) is 0 Å². The number of amides is 1. The fourth-order valence-corrected chi connectivity index (χ4v) is 2.54. The zero-order valence-corrected chi connectivity index (χ0v) is 15.5. The average Bonchev–Trinajstić information content (AvgIpc) is 2.90. The van der Waals surface area contributed by atoms with Crippen molar-refractivity contribution >= 4 is 17.7 Å². The van der Waals surface area contributed by atoms with Crippen molar-refractivity contribution in [3.8, 4) is 0 Å². The highest BCUT2D eigenvalue weighted by molar-refractivity contribution is 5.91. The van der Waals surface area contributed by atoms with Crippen molar-refractivity contribution in [2.24, 2.45) is 0 Å². The third-order valence-corrected chi connectivity index (χ3v) is 4.03. The summed E-state index contributed by atoms with van der Waals surface area (Å²) < 4.78 is 38.3. The summed E-state index contributed by atoms with van der Waals surface area (Å²) in [5.41, 5.74) is -1.18. The van der Waals surface area contributed by atoms with Crippen LogP contribution in [0, 0.1) is 0 Å². The summed E-state index contributed by atoms with van der Waals surface area (Å²) in [6.45, 7) is 1.48. The first-order chi connectivity index (χ1) is 13.7. The number of alkyl halides is 2. The van der Waals surface area contributed by atoms with E-state index in [2.05, 4.69) is 15.6 Å². The number of halogens is 2. The van der Waals surface area contributed by atoms with Gasteiger partial charge in [0.15, 0.2) is 12.7 Å². The minimum absolute atomic E-state index is 0.0751. The Morgan fingerprint density at radius 1 is 1.45 bits per heavy atom. The summed E-state index contributed by atoms with van der Waals surface area (Å²) >= 11 is 0. The highest BCUT2D eigenvalue weighted by Crippen LogP contribution is 2.41. The number of nitrogens with one attached hydrogen (secondary N) is 2. The van der Waals surface area contributed by atoms with Gasteiger partial charge in [-0.2, -0.15) is 13.8 Å². The van der Waals surface area contributed by atoms with Crippen LogP contribution in [-0.2, 0) is 19.1 Å². The first-order valence-electron chi connectivity index (χ1n) is 8.78. The number of aliphatic hydroxyl groups is 2. The number of aliphatic hydroxyl groups excluding tert-OH is 2. The van der Waals surface area contributed by atoms with Crippen molar-refractivity contribution in [1.29, 1.82) is 0 Å². The fraction of sp³-hybridized carbons (Fsp3) is 0.625. The molecular formula is C16H22F2N4O7. The second kappa shape index (κ2) is 9.82. The summed E-state index contributed by atoms with van der Waals surface area (Å²) in [5.74, 6) is -5.46. The van der Waals surface area contributed by atoms with Crippen molar-refractivity contribution in [3.05, 3.63) is 22.7 Å². The molecule has 29 heavy (non-hydrogen) atoms. The summed E-state index contributed by atoms with van der Waals surface area (Å²) in [4.78, 5) is 38.7. The van der Waals surface area contributed by atoms with Gasteiger partial charge in [-0.3, -0.25) is 14.2 Å². The van der Waals surface area contributed by atoms with Crippen LogP contribution in [0.25, 0.3) is 0 Å². The van der Waals surface area contributed by atoms with Crippen molar-refractivity contribution in [2.45, 2.75) is 37.7 Å². The second-order valence-electron chi connectivity index (χ2n) is 6.14. The number of rotatable bonds is 9. The molecule has 0 bridgehead atoms. The Morgan fingerprint density at radius 3 is 2.76 bits per heavy atom. The number of hydrogen-bond donors (Lipinski definition) is 4. The van der Waals surface area contributed by atoms with Gasteiger partial charge in [-0.1, -0.05) is 6.92 Å². The normalized spacial score (nSPS) is 23.0. The van der Waals surface area contributed by atoms with Crippen molar-refractivity contribution in [3.63, 3.8) is 0 Å². The predicted octanol–water partition coefficient (Wildman–Crippen LogP) is -1.39. The first-order valence-corrected chi connectivity index (χ1v) is 8.78. The van der Waals surface area contributed by atoms with Crippen molar-refractivity contribution in [1.82, 2.24) is 14.9 Å². The minimum atomic E-state index is -3.84. The summed E-state index contributed by atoms with van der Waals surface area (Å²) in [7, 11) is 0. The van der Waals surface area contributed by atoms with Crippen LogP contribution in [0.4, 0.5) is 14.6 Å². The number of esters is 1. The molecule has 162 valence electrons. The molecule has 1 aromatic rings.